The van der Waals surface area contributed by atoms with Gasteiger partial charge in [0.2, 0.25) is 5.91 Å². The summed E-state index contributed by atoms with van der Waals surface area (Å²) in [6, 6.07) is 9.99. The maximum absolute atomic E-state index is 14.8. The average Bonchev–Trinajstić information content (AvgIpc) is 3.65. The summed E-state index contributed by atoms with van der Waals surface area (Å²) < 4.78 is 40.8. The Hall–Kier alpha value is -2.16. The fraction of sp³-hybridized carbons (Fsp3) is 0.517. The lowest BCUT2D eigenvalue weighted by Crippen LogP contribution is -2.58. The number of rotatable bonds is 8. The highest BCUT2D eigenvalue weighted by molar-refractivity contribution is 7.92. The van der Waals surface area contributed by atoms with Crippen molar-refractivity contribution in [1.82, 2.24) is 4.90 Å². The predicted molar refractivity (Wildman–Crippen MR) is 150 cm³/mol. The number of piperidine rings is 1. The molecule has 0 radical (unpaired) electrons. The molecule has 10 heteroatoms. The first kappa shape index (κ1) is 29.8. The van der Waals surface area contributed by atoms with Gasteiger partial charge in [0, 0.05) is 17.0 Å². The number of hydrogen-bond donors (Lipinski definition) is 1. The van der Waals surface area contributed by atoms with E-state index in [1.165, 1.54) is 12.1 Å². The molecule has 4 rings (SSSR count). The molecule has 1 N–H and O–H groups in total. The summed E-state index contributed by atoms with van der Waals surface area (Å²) in [6.07, 6.45) is 1.22. The van der Waals surface area contributed by atoms with Crippen molar-refractivity contribution < 1.29 is 27.5 Å². The van der Waals surface area contributed by atoms with Crippen LogP contribution in [0.1, 0.15) is 76.5 Å². The van der Waals surface area contributed by atoms with Gasteiger partial charge in [-0.3, -0.25) is 9.59 Å². The van der Waals surface area contributed by atoms with Crippen molar-refractivity contribution in [2.24, 2.45) is 11.3 Å². The normalized spacial score (nSPS) is 25.0. The highest BCUT2D eigenvalue weighted by atomic mass is 35.5. The van der Waals surface area contributed by atoms with Crippen LogP contribution in [0.15, 0.2) is 42.5 Å². The quantitative estimate of drug-likeness (QED) is 0.367. The zero-order valence-corrected chi connectivity index (χ0v) is 24.8. The summed E-state index contributed by atoms with van der Waals surface area (Å²) in [4.78, 5) is 27.9. The Morgan fingerprint density at radius 1 is 1.15 bits per heavy atom. The molecule has 1 unspecified atom stereocenters. The zero-order valence-electron chi connectivity index (χ0n) is 22.5. The van der Waals surface area contributed by atoms with E-state index in [1.54, 1.807) is 56.9 Å². The maximum atomic E-state index is 14.8. The molecule has 0 aromatic heterocycles. The third-order valence-corrected chi connectivity index (χ3v) is 11.2. The molecule has 2 fully saturated rings. The first-order valence-corrected chi connectivity index (χ1v) is 15.4. The minimum atomic E-state index is -3.67. The minimum Gasteiger partial charge on any atom is -0.481 e. The number of nitrogens with zero attached hydrogens (tertiary/aromatic N) is 1. The van der Waals surface area contributed by atoms with E-state index >= 15 is 0 Å². The van der Waals surface area contributed by atoms with E-state index in [0.717, 1.165) is 18.4 Å². The lowest BCUT2D eigenvalue weighted by molar-refractivity contribution is -0.160. The largest absolute Gasteiger partial charge is 0.481 e. The molecule has 39 heavy (non-hydrogen) atoms. The first-order chi connectivity index (χ1) is 18.0. The molecule has 2 aromatic carbocycles. The van der Waals surface area contributed by atoms with Crippen molar-refractivity contribution in [2.75, 3.05) is 5.75 Å². The lowest BCUT2D eigenvalue weighted by atomic mass is 9.67. The topological polar surface area (TPSA) is 91.8 Å². The molecule has 1 saturated heterocycles. The van der Waals surface area contributed by atoms with Gasteiger partial charge in [0.05, 0.1) is 33.4 Å². The lowest BCUT2D eigenvalue weighted by Gasteiger charge is -2.52. The smallest absolute Gasteiger partial charge is 0.304 e. The molecule has 1 heterocycles. The van der Waals surface area contributed by atoms with E-state index in [2.05, 4.69) is 0 Å². The van der Waals surface area contributed by atoms with E-state index in [4.69, 9.17) is 23.2 Å². The second kappa shape index (κ2) is 10.7. The van der Waals surface area contributed by atoms with Crippen LogP contribution in [0.25, 0.3) is 0 Å². The molecule has 1 aliphatic carbocycles. The number of carbonyl (C=O) groups excluding carboxylic acids is 1. The predicted octanol–water partition coefficient (Wildman–Crippen LogP) is 6.66. The van der Waals surface area contributed by atoms with Gasteiger partial charge in [-0.1, -0.05) is 48.3 Å². The van der Waals surface area contributed by atoms with Crippen molar-refractivity contribution in [1.29, 1.82) is 0 Å². The van der Waals surface area contributed by atoms with Gasteiger partial charge in [0.1, 0.15) is 5.82 Å². The van der Waals surface area contributed by atoms with Crippen molar-refractivity contribution in [3.63, 3.8) is 0 Å². The van der Waals surface area contributed by atoms with Gasteiger partial charge < -0.3 is 10.0 Å². The summed E-state index contributed by atoms with van der Waals surface area (Å²) in [7, 11) is -3.67. The SMILES string of the molecule is CC(C)(C)S(=O)(=O)CC(C1CC1)N1C(=O)[C@@](C)(CC(=O)O)C[C@H](c2cccc(Cl)c2)[C@@H]1c1ccc(Cl)c(F)c1. The number of carboxylic acid groups (broad SMARTS) is 1. The number of amides is 1. The third-order valence-electron chi connectivity index (χ3n) is 8.05. The Kier molecular flexibility index (Phi) is 8.16. The fourth-order valence-electron chi connectivity index (χ4n) is 5.68. The van der Waals surface area contributed by atoms with Crippen LogP contribution < -0.4 is 0 Å². The van der Waals surface area contributed by atoms with Gasteiger partial charge in [-0.25, -0.2) is 12.8 Å². The summed E-state index contributed by atoms with van der Waals surface area (Å²) >= 11 is 12.4. The van der Waals surface area contributed by atoms with Crippen LogP contribution in [0.4, 0.5) is 4.39 Å². The Morgan fingerprint density at radius 2 is 1.82 bits per heavy atom. The van der Waals surface area contributed by atoms with Gasteiger partial charge in [-0.05, 0) is 81.3 Å². The molecule has 0 spiro atoms. The Bertz CT molecular complexity index is 1390. The number of benzene rings is 2. The van der Waals surface area contributed by atoms with E-state index < -0.39 is 62.1 Å². The average molecular weight is 599 g/mol. The van der Waals surface area contributed by atoms with Crippen LogP contribution in [0.3, 0.4) is 0 Å². The number of carbonyl (C=O) groups is 2. The van der Waals surface area contributed by atoms with Crippen LogP contribution in [-0.4, -0.2) is 46.8 Å². The second-order valence-corrected chi connectivity index (χ2v) is 15.8. The second-order valence-electron chi connectivity index (χ2n) is 12.1. The molecular formula is C29H34Cl2FNO5S. The standard InChI is InChI=1S/C29H34Cl2FNO5S/c1-28(2,3)39(37,38)16-24(17-8-9-17)33-26(19-10-11-22(31)23(32)13-19)21(18-6-5-7-20(30)12-18)14-29(4,27(33)36)15-25(34)35/h5-7,10-13,17,21,24,26H,8-9,14-16H2,1-4H3,(H,34,35)/t21-,24?,26+,29-/m1/s1. The third kappa shape index (κ3) is 6.13. The van der Waals surface area contributed by atoms with Gasteiger partial charge in [0.25, 0.3) is 0 Å². The number of halogens is 3. The molecule has 212 valence electrons. The monoisotopic (exact) mass is 597 g/mol. The highest BCUT2D eigenvalue weighted by Gasteiger charge is 2.55. The molecule has 1 saturated carbocycles. The van der Waals surface area contributed by atoms with E-state index in [1.807, 2.05) is 6.07 Å². The highest BCUT2D eigenvalue weighted by Crippen LogP contribution is 2.54. The van der Waals surface area contributed by atoms with Crippen LogP contribution in [0.5, 0.6) is 0 Å². The van der Waals surface area contributed by atoms with E-state index in [0.29, 0.717) is 10.6 Å². The Morgan fingerprint density at radius 3 is 2.36 bits per heavy atom. The molecule has 1 aliphatic heterocycles. The maximum Gasteiger partial charge on any atom is 0.304 e. The molecular weight excluding hydrogens is 564 g/mol. The Labute approximate surface area is 239 Å². The number of likely N-dealkylation sites (tertiary alicyclic amines) is 1. The molecule has 6 nitrogen and oxygen atoms in total. The van der Waals surface area contributed by atoms with Gasteiger partial charge in [0.15, 0.2) is 9.84 Å². The summed E-state index contributed by atoms with van der Waals surface area (Å²) in [5.41, 5.74) is -0.101. The number of hydrogen-bond acceptors (Lipinski definition) is 4. The van der Waals surface area contributed by atoms with Gasteiger partial charge in [-0.15, -0.1) is 0 Å². The van der Waals surface area contributed by atoms with E-state index in [-0.39, 0.29) is 23.1 Å². The number of carboxylic acids is 1. The van der Waals surface area contributed by atoms with Crippen LogP contribution >= 0.6 is 23.2 Å². The summed E-state index contributed by atoms with van der Waals surface area (Å²) in [5.74, 6) is -3.05. The van der Waals surface area contributed by atoms with Crippen molar-refractivity contribution in [3.8, 4) is 0 Å². The fourth-order valence-corrected chi connectivity index (χ4v) is 7.38. The van der Waals surface area contributed by atoms with E-state index in [9.17, 15) is 27.5 Å². The van der Waals surface area contributed by atoms with Gasteiger partial charge >= 0.3 is 5.97 Å². The molecule has 4 atom stereocenters. The molecule has 1 amide bonds. The molecule has 2 aliphatic rings. The van der Waals surface area contributed by atoms with Gasteiger partial charge in [-0.2, -0.15) is 0 Å². The van der Waals surface area contributed by atoms with Crippen molar-refractivity contribution in [3.05, 3.63) is 69.5 Å². The molecule has 2 aromatic rings. The summed E-state index contributed by atoms with van der Waals surface area (Å²) in [5, 5.41) is 10.2. The first-order valence-electron chi connectivity index (χ1n) is 13.0. The Balaban J connectivity index is 1.97. The van der Waals surface area contributed by atoms with Crippen LogP contribution in [-0.2, 0) is 19.4 Å². The molecule has 0 bridgehead atoms. The van der Waals surface area contributed by atoms with Crippen LogP contribution in [0.2, 0.25) is 10.0 Å². The number of sulfone groups is 1. The summed E-state index contributed by atoms with van der Waals surface area (Å²) in [6.45, 7) is 6.49. The van der Waals surface area contributed by atoms with Crippen molar-refractivity contribution >= 4 is 44.9 Å². The number of aliphatic carboxylic acids is 1. The zero-order chi connectivity index (χ0) is 28.9. The minimum absolute atomic E-state index is 0.0714. The van der Waals surface area contributed by atoms with Crippen LogP contribution in [0, 0.1) is 17.2 Å². The van der Waals surface area contributed by atoms with Crippen molar-refractivity contribution in [2.45, 2.75) is 76.1 Å².